The van der Waals surface area contributed by atoms with E-state index in [0.29, 0.717) is 12.3 Å². The Labute approximate surface area is 144 Å². The third-order valence-electron chi connectivity index (χ3n) is 4.87. The second-order valence-corrected chi connectivity index (χ2v) is 6.54. The van der Waals surface area contributed by atoms with Crippen LogP contribution in [0.1, 0.15) is 54.1 Å². The summed E-state index contributed by atoms with van der Waals surface area (Å²) >= 11 is 0. The van der Waals surface area contributed by atoms with Crippen LogP contribution < -0.4 is 0 Å². The van der Waals surface area contributed by atoms with Crippen molar-refractivity contribution in [1.82, 2.24) is 0 Å². The molecule has 1 unspecified atom stereocenters. The van der Waals surface area contributed by atoms with Crippen LogP contribution in [0.2, 0.25) is 0 Å². The van der Waals surface area contributed by atoms with Crippen LogP contribution in [0, 0.1) is 0 Å². The lowest BCUT2D eigenvalue weighted by Gasteiger charge is -2.09. The van der Waals surface area contributed by atoms with E-state index >= 15 is 0 Å². The molecule has 3 aromatic rings. The number of hydrogen-bond acceptors (Lipinski definition) is 1. The lowest BCUT2D eigenvalue weighted by Crippen LogP contribution is -2.01. The maximum atomic E-state index is 12.5. The molecular formula is C23H24O. The van der Waals surface area contributed by atoms with Crippen molar-refractivity contribution in [3.05, 3.63) is 83.4 Å². The molecule has 1 heteroatoms. The first-order chi connectivity index (χ1) is 11.7. The van der Waals surface area contributed by atoms with Gasteiger partial charge < -0.3 is 0 Å². The summed E-state index contributed by atoms with van der Waals surface area (Å²) in [5.74, 6) is 0.810. The highest BCUT2D eigenvalue weighted by Crippen LogP contribution is 2.20. The number of fused-ring (bicyclic) bond motifs is 1. The summed E-state index contributed by atoms with van der Waals surface area (Å²) in [6.45, 7) is 4.46. The van der Waals surface area contributed by atoms with Gasteiger partial charge in [-0.25, -0.2) is 0 Å². The lowest BCUT2D eigenvalue weighted by atomic mass is 9.95. The van der Waals surface area contributed by atoms with Crippen LogP contribution in [0.25, 0.3) is 10.8 Å². The highest BCUT2D eigenvalue weighted by Gasteiger charge is 2.08. The molecule has 0 bridgehead atoms. The van der Waals surface area contributed by atoms with E-state index < -0.39 is 0 Å². The molecule has 3 rings (SSSR count). The Bertz CT molecular complexity index is 830. The van der Waals surface area contributed by atoms with E-state index in [1.54, 1.807) is 0 Å². The first-order valence-electron chi connectivity index (χ1n) is 8.78. The molecule has 1 atom stereocenters. The lowest BCUT2D eigenvalue weighted by molar-refractivity contribution is 0.0983. The molecule has 122 valence electrons. The Kier molecular flexibility index (Phi) is 5.10. The fourth-order valence-electron chi connectivity index (χ4n) is 3.01. The zero-order chi connectivity index (χ0) is 16.9. The van der Waals surface area contributed by atoms with Gasteiger partial charge in [0, 0.05) is 12.0 Å². The molecule has 3 aromatic carbocycles. The molecule has 0 aromatic heterocycles. The highest BCUT2D eigenvalue weighted by atomic mass is 16.1. The second-order valence-electron chi connectivity index (χ2n) is 6.54. The van der Waals surface area contributed by atoms with Gasteiger partial charge in [-0.3, -0.25) is 4.79 Å². The Morgan fingerprint density at radius 1 is 0.917 bits per heavy atom. The Morgan fingerprint density at radius 3 is 2.33 bits per heavy atom. The number of carbonyl (C=O) groups is 1. The molecule has 0 heterocycles. The van der Waals surface area contributed by atoms with Crippen LogP contribution in [0.15, 0.2) is 66.7 Å². The molecule has 0 N–H and O–H groups in total. The Balaban J connectivity index is 1.66. The Morgan fingerprint density at radius 2 is 1.62 bits per heavy atom. The van der Waals surface area contributed by atoms with Crippen molar-refractivity contribution >= 4 is 16.6 Å². The van der Waals surface area contributed by atoms with E-state index in [1.165, 1.54) is 16.5 Å². The van der Waals surface area contributed by atoms with Gasteiger partial charge in [-0.15, -0.1) is 0 Å². The molecule has 0 spiro atoms. The third kappa shape index (κ3) is 3.73. The predicted molar refractivity (Wildman–Crippen MR) is 102 cm³/mol. The fraction of sp³-hybridized carbons (Fsp3) is 0.261. The fourth-order valence-corrected chi connectivity index (χ4v) is 3.01. The van der Waals surface area contributed by atoms with Crippen molar-refractivity contribution in [2.24, 2.45) is 0 Å². The SMILES string of the molecule is CCC(C)c1ccc(CCC(=O)c2ccc3ccccc3c2)cc1. The maximum Gasteiger partial charge on any atom is 0.163 e. The van der Waals surface area contributed by atoms with E-state index in [4.69, 9.17) is 0 Å². The molecule has 0 aliphatic carbocycles. The zero-order valence-corrected chi connectivity index (χ0v) is 14.5. The smallest absolute Gasteiger partial charge is 0.163 e. The number of ketones is 1. The van der Waals surface area contributed by atoms with Crippen molar-refractivity contribution in [2.75, 3.05) is 0 Å². The molecular weight excluding hydrogens is 292 g/mol. The van der Waals surface area contributed by atoms with Gasteiger partial charge in [0.1, 0.15) is 0 Å². The normalized spacial score (nSPS) is 12.2. The van der Waals surface area contributed by atoms with Gasteiger partial charge in [-0.1, -0.05) is 74.5 Å². The van der Waals surface area contributed by atoms with Crippen LogP contribution in [-0.4, -0.2) is 5.78 Å². The van der Waals surface area contributed by atoms with E-state index in [-0.39, 0.29) is 5.78 Å². The van der Waals surface area contributed by atoms with Crippen molar-refractivity contribution < 1.29 is 4.79 Å². The topological polar surface area (TPSA) is 17.1 Å². The minimum absolute atomic E-state index is 0.215. The van der Waals surface area contributed by atoms with Gasteiger partial charge in [0.15, 0.2) is 5.78 Å². The van der Waals surface area contributed by atoms with Gasteiger partial charge in [0.2, 0.25) is 0 Å². The molecule has 0 saturated carbocycles. The number of Topliss-reactive ketones (excluding diaryl/α,β-unsaturated/α-hetero) is 1. The number of carbonyl (C=O) groups excluding carboxylic acids is 1. The average molecular weight is 316 g/mol. The van der Waals surface area contributed by atoms with Crippen molar-refractivity contribution in [3.8, 4) is 0 Å². The summed E-state index contributed by atoms with van der Waals surface area (Å²) < 4.78 is 0. The van der Waals surface area contributed by atoms with Crippen LogP contribution in [0.5, 0.6) is 0 Å². The molecule has 0 amide bonds. The van der Waals surface area contributed by atoms with Gasteiger partial charge in [0.25, 0.3) is 0 Å². The van der Waals surface area contributed by atoms with Crippen LogP contribution in [0.4, 0.5) is 0 Å². The first-order valence-corrected chi connectivity index (χ1v) is 8.78. The number of hydrogen-bond donors (Lipinski definition) is 0. The van der Waals surface area contributed by atoms with E-state index in [1.807, 2.05) is 30.3 Å². The predicted octanol–water partition coefficient (Wildman–Crippen LogP) is 6.17. The van der Waals surface area contributed by atoms with Crippen LogP contribution in [-0.2, 0) is 6.42 Å². The highest BCUT2D eigenvalue weighted by molar-refractivity contribution is 6.00. The van der Waals surface area contributed by atoms with Gasteiger partial charge in [-0.05, 0) is 46.7 Å². The number of rotatable bonds is 6. The van der Waals surface area contributed by atoms with Crippen molar-refractivity contribution in [2.45, 2.75) is 39.0 Å². The minimum Gasteiger partial charge on any atom is -0.294 e. The average Bonchev–Trinajstić information content (AvgIpc) is 2.65. The molecule has 0 aliphatic rings. The second kappa shape index (κ2) is 7.44. The summed E-state index contributed by atoms with van der Waals surface area (Å²) in [7, 11) is 0. The molecule has 24 heavy (non-hydrogen) atoms. The van der Waals surface area contributed by atoms with E-state index in [9.17, 15) is 4.79 Å². The molecule has 0 fully saturated rings. The Hall–Kier alpha value is -2.41. The summed E-state index contributed by atoms with van der Waals surface area (Å²) in [5, 5.41) is 2.30. The summed E-state index contributed by atoms with van der Waals surface area (Å²) in [6.07, 6.45) is 2.51. The quantitative estimate of drug-likeness (QED) is 0.497. The van der Waals surface area contributed by atoms with Gasteiger partial charge in [-0.2, -0.15) is 0 Å². The zero-order valence-electron chi connectivity index (χ0n) is 14.5. The standard InChI is InChI=1S/C23H24O/c1-3-17(2)19-11-8-18(9-12-19)10-15-23(24)22-14-13-20-6-4-5-7-21(20)16-22/h4-9,11-14,16-17H,3,10,15H2,1-2H3. The van der Waals surface area contributed by atoms with E-state index in [2.05, 4.69) is 50.2 Å². The van der Waals surface area contributed by atoms with Crippen molar-refractivity contribution in [1.29, 1.82) is 0 Å². The van der Waals surface area contributed by atoms with E-state index in [0.717, 1.165) is 23.8 Å². The molecule has 0 aliphatic heterocycles. The molecule has 0 saturated heterocycles. The third-order valence-corrected chi connectivity index (χ3v) is 4.87. The van der Waals surface area contributed by atoms with Crippen LogP contribution >= 0.6 is 0 Å². The maximum absolute atomic E-state index is 12.5. The molecule has 1 nitrogen and oxygen atoms in total. The minimum atomic E-state index is 0.215. The monoisotopic (exact) mass is 316 g/mol. The van der Waals surface area contributed by atoms with Crippen LogP contribution in [0.3, 0.4) is 0 Å². The number of aryl methyl sites for hydroxylation is 1. The first kappa shape index (κ1) is 16.4. The number of benzene rings is 3. The van der Waals surface area contributed by atoms with Gasteiger partial charge in [0.05, 0.1) is 0 Å². The summed E-state index contributed by atoms with van der Waals surface area (Å²) in [4.78, 5) is 12.5. The van der Waals surface area contributed by atoms with Gasteiger partial charge >= 0.3 is 0 Å². The molecule has 0 radical (unpaired) electrons. The van der Waals surface area contributed by atoms with Crippen molar-refractivity contribution in [3.63, 3.8) is 0 Å². The summed E-state index contributed by atoms with van der Waals surface area (Å²) in [5.41, 5.74) is 3.42. The largest absolute Gasteiger partial charge is 0.294 e. The summed E-state index contributed by atoms with van der Waals surface area (Å²) in [6, 6.07) is 22.9.